The van der Waals surface area contributed by atoms with Crippen molar-refractivity contribution in [2.45, 2.75) is 31.8 Å². The molecule has 1 aromatic rings. The van der Waals surface area contributed by atoms with E-state index in [1.54, 1.807) is 12.1 Å². The van der Waals surface area contributed by atoms with Crippen molar-refractivity contribution in [3.8, 4) is 0 Å². The van der Waals surface area contributed by atoms with Crippen LogP contribution in [0.2, 0.25) is 0 Å². The molecule has 1 aliphatic heterocycles. The van der Waals surface area contributed by atoms with E-state index in [0.29, 0.717) is 5.56 Å². The van der Waals surface area contributed by atoms with Crippen molar-refractivity contribution in [1.82, 2.24) is 10.3 Å². The van der Waals surface area contributed by atoms with Gasteiger partial charge in [-0.15, -0.1) is 0 Å². The number of hydrogen-bond donors (Lipinski definition) is 3. The number of carbonyl (C=O) groups is 1. The molecule has 0 radical (unpaired) electrons. The molecule has 5 nitrogen and oxygen atoms in total. The summed E-state index contributed by atoms with van der Waals surface area (Å²) in [5, 5.41) is 9.44. The number of nitrogens with one attached hydrogen (secondary N) is 1. The molecule has 1 aromatic carbocycles. The van der Waals surface area contributed by atoms with Gasteiger partial charge < -0.3 is 5.11 Å². The molecule has 110 valence electrons. The van der Waals surface area contributed by atoms with Gasteiger partial charge in [0.2, 0.25) is 0 Å². The average Bonchev–Trinajstić information content (AvgIpc) is 2.49. The van der Waals surface area contributed by atoms with Gasteiger partial charge in [0, 0.05) is 22.6 Å². The van der Waals surface area contributed by atoms with Crippen LogP contribution in [0.3, 0.4) is 0 Å². The lowest BCUT2D eigenvalue weighted by Gasteiger charge is -2.34. The molecule has 20 heavy (non-hydrogen) atoms. The van der Waals surface area contributed by atoms with Crippen molar-refractivity contribution in [1.29, 1.82) is 0 Å². The van der Waals surface area contributed by atoms with Gasteiger partial charge in [0.25, 0.3) is 5.91 Å². The third-order valence-corrected chi connectivity index (χ3v) is 4.52. The van der Waals surface area contributed by atoms with Crippen LogP contribution in [0.4, 0.5) is 0 Å². The minimum absolute atomic E-state index is 0.200. The molecule has 2 rings (SSSR count). The third kappa shape index (κ3) is 3.58. The molecule has 1 aliphatic rings. The number of nitrogens with zero attached hydrogens (tertiary/aromatic N) is 1. The van der Waals surface area contributed by atoms with Crippen LogP contribution < -0.4 is 11.3 Å². The Balaban J connectivity index is 2.11. The number of benzene rings is 1. The number of hydrazine groups is 1. The quantitative estimate of drug-likeness (QED) is 0.439. The van der Waals surface area contributed by atoms with Gasteiger partial charge in [-0.05, 0) is 37.1 Å². The second kappa shape index (κ2) is 7.17. The lowest BCUT2D eigenvalue weighted by atomic mass is 10.0. The van der Waals surface area contributed by atoms with E-state index in [0.717, 1.165) is 29.5 Å². The number of piperidine rings is 1. The fourth-order valence-corrected chi connectivity index (χ4v) is 3.10. The van der Waals surface area contributed by atoms with E-state index in [4.69, 9.17) is 5.84 Å². The lowest BCUT2D eigenvalue weighted by molar-refractivity contribution is 0.0839. The average molecular weight is 342 g/mol. The molecule has 1 saturated heterocycles. The zero-order valence-corrected chi connectivity index (χ0v) is 12.9. The number of likely N-dealkylation sites (tertiary alicyclic amines) is 1. The fourth-order valence-electron chi connectivity index (χ4n) is 2.59. The first-order valence-corrected chi connectivity index (χ1v) is 7.59. The summed E-state index contributed by atoms with van der Waals surface area (Å²) in [7, 11) is 0. The largest absolute Gasteiger partial charge is 0.395 e. The first-order valence-electron chi connectivity index (χ1n) is 6.80. The van der Waals surface area contributed by atoms with Crippen LogP contribution in [-0.4, -0.2) is 35.1 Å². The molecule has 0 aliphatic carbocycles. The van der Waals surface area contributed by atoms with Crippen LogP contribution in [0.15, 0.2) is 22.7 Å². The highest BCUT2D eigenvalue weighted by molar-refractivity contribution is 9.10. The molecule has 0 spiro atoms. The summed E-state index contributed by atoms with van der Waals surface area (Å²) in [6, 6.07) is 5.70. The van der Waals surface area contributed by atoms with Crippen molar-refractivity contribution in [2.24, 2.45) is 5.84 Å². The first kappa shape index (κ1) is 15.4. The van der Waals surface area contributed by atoms with Crippen molar-refractivity contribution < 1.29 is 9.90 Å². The van der Waals surface area contributed by atoms with Gasteiger partial charge in [0.1, 0.15) is 0 Å². The molecule has 1 heterocycles. The Bertz CT molecular complexity index is 481. The van der Waals surface area contributed by atoms with Crippen molar-refractivity contribution in [2.75, 3.05) is 13.2 Å². The van der Waals surface area contributed by atoms with Gasteiger partial charge in [-0.2, -0.15) is 0 Å². The van der Waals surface area contributed by atoms with Gasteiger partial charge in [-0.25, -0.2) is 5.84 Å². The summed E-state index contributed by atoms with van der Waals surface area (Å²) in [5.74, 6) is 4.82. The van der Waals surface area contributed by atoms with E-state index >= 15 is 0 Å². The van der Waals surface area contributed by atoms with E-state index in [-0.39, 0.29) is 18.6 Å². The Hall–Kier alpha value is -0.950. The maximum Gasteiger partial charge on any atom is 0.265 e. The highest BCUT2D eigenvalue weighted by Gasteiger charge is 2.22. The molecule has 0 aromatic heterocycles. The summed E-state index contributed by atoms with van der Waals surface area (Å²) in [6.07, 6.45) is 3.39. The molecular formula is C14H20BrN3O2. The maximum atomic E-state index is 11.5. The Morgan fingerprint density at radius 2 is 2.30 bits per heavy atom. The zero-order chi connectivity index (χ0) is 14.5. The molecule has 1 unspecified atom stereocenters. The molecular weight excluding hydrogens is 322 g/mol. The minimum Gasteiger partial charge on any atom is -0.395 e. The van der Waals surface area contributed by atoms with Gasteiger partial charge in [0.05, 0.1) is 6.61 Å². The third-order valence-electron chi connectivity index (χ3n) is 3.78. The maximum absolute atomic E-state index is 11.5. The van der Waals surface area contributed by atoms with Crippen molar-refractivity contribution >= 4 is 21.8 Å². The zero-order valence-electron chi connectivity index (χ0n) is 11.3. The van der Waals surface area contributed by atoms with Crippen LogP contribution in [-0.2, 0) is 6.54 Å². The van der Waals surface area contributed by atoms with E-state index in [2.05, 4.69) is 26.3 Å². The molecule has 0 saturated carbocycles. The standard InChI is InChI=1S/C14H20BrN3O2/c15-13-7-10(14(20)17-16)4-5-11(13)8-18-6-2-1-3-12(18)9-19/h4-5,7,12,19H,1-3,6,8-9,16H2,(H,17,20). The second-order valence-corrected chi connectivity index (χ2v) is 5.94. The lowest BCUT2D eigenvalue weighted by Crippen LogP contribution is -2.41. The van der Waals surface area contributed by atoms with E-state index in [1.165, 1.54) is 12.8 Å². The SMILES string of the molecule is NNC(=O)c1ccc(CN2CCCCC2CO)c(Br)c1. The van der Waals surface area contributed by atoms with E-state index in [1.807, 2.05) is 6.07 Å². The number of halogens is 1. The molecule has 0 bridgehead atoms. The second-order valence-electron chi connectivity index (χ2n) is 5.08. The van der Waals surface area contributed by atoms with Gasteiger partial charge >= 0.3 is 0 Å². The summed E-state index contributed by atoms with van der Waals surface area (Å²) >= 11 is 3.50. The van der Waals surface area contributed by atoms with Gasteiger partial charge in [-0.3, -0.25) is 15.1 Å². The predicted octanol–water partition coefficient (Wildman–Crippen LogP) is 1.40. The number of carbonyl (C=O) groups excluding carboxylic acids is 1. The number of hydrogen-bond acceptors (Lipinski definition) is 4. The fraction of sp³-hybridized carbons (Fsp3) is 0.500. The van der Waals surface area contributed by atoms with Crippen molar-refractivity contribution in [3.05, 3.63) is 33.8 Å². The normalized spacial score (nSPS) is 19.9. The molecule has 4 N–H and O–H groups in total. The van der Waals surface area contributed by atoms with E-state index in [9.17, 15) is 9.90 Å². The van der Waals surface area contributed by atoms with Crippen LogP contribution in [0, 0.1) is 0 Å². The molecule has 1 fully saturated rings. The predicted molar refractivity (Wildman–Crippen MR) is 80.9 cm³/mol. The number of amides is 1. The number of aliphatic hydroxyl groups is 1. The molecule has 6 heteroatoms. The Kier molecular flexibility index (Phi) is 5.54. The van der Waals surface area contributed by atoms with Gasteiger partial charge in [0.15, 0.2) is 0 Å². The van der Waals surface area contributed by atoms with Crippen LogP contribution in [0.1, 0.15) is 35.2 Å². The minimum atomic E-state index is -0.302. The molecule has 1 atom stereocenters. The number of rotatable bonds is 4. The van der Waals surface area contributed by atoms with Crippen molar-refractivity contribution in [3.63, 3.8) is 0 Å². The monoisotopic (exact) mass is 341 g/mol. The number of aliphatic hydroxyl groups excluding tert-OH is 1. The topological polar surface area (TPSA) is 78.6 Å². The Morgan fingerprint density at radius 1 is 1.50 bits per heavy atom. The Morgan fingerprint density at radius 3 is 2.95 bits per heavy atom. The van der Waals surface area contributed by atoms with Crippen LogP contribution in [0.5, 0.6) is 0 Å². The van der Waals surface area contributed by atoms with Gasteiger partial charge in [-0.1, -0.05) is 28.4 Å². The highest BCUT2D eigenvalue weighted by atomic mass is 79.9. The molecule has 1 amide bonds. The van der Waals surface area contributed by atoms with E-state index < -0.39 is 0 Å². The summed E-state index contributed by atoms with van der Waals surface area (Å²) in [5.41, 5.74) is 3.76. The van der Waals surface area contributed by atoms with Crippen LogP contribution >= 0.6 is 15.9 Å². The number of nitrogens with two attached hydrogens (primary N) is 1. The van der Waals surface area contributed by atoms with Crippen LogP contribution in [0.25, 0.3) is 0 Å². The first-order chi connectivity index (χ1) is 9.65. The summed E-state index contributed by atoms with van der Waals surface area (Å²) in [6.45, 7) is 1.98. The smallest absolute Gasteiger partial charge is 0.265 e. The Labute approximate surface area is 127 Å². The number of nitrogen functional groups attached to an aromatic ring is 1. The summed E-state index contributed by atoms with van der Waals surface area (Å²) in [4.78, 5) is 13.8. The summed E-state index contributed by atoms with van der Waals surface area (Å²) < 4.78 is 0.890. The highest BCUT2D eigenvalue weighted by Crippen LogP contribution is 2.24.